The van der Waals surface area contributed by atoms with Crippen LogP contribution in [0.15, 0.2) is 42.7 Å². The van der Waals surface area contributed by atoms with E-state index in [2.05, 4.69) is 72.4 Å². The molecule has 6 nitrogen and oxygen atoms in total. The van der Waals surface area contributed by atoms with Crippen molar-refractivity contribution in [3.63, 3.8) is 0 Å². The van der Waals surface area contributed by atoms with Crippen LogP contribution in [0.4, 0.5) is 5.82 Å². The summed E-state index contributed by atoms with van der Waals surface area (Å²) >= 11 is 0.0403. The fourth-order valence-electron chi connectivity index (χ4n) is 7.00. The third-order valence-electron chi connectivity index (χ3n) is 9.07. The average Bonchev–Trinajstić information content (AvgIpc) is 2.96. The van der Waals surface area contributed by atoms with Gasteiger partial charge in [-0.3, -0.25) is 0 Å². The molecule has 5 heterocycles. The molecule has 0 saturated carbocycles. The Morgan fingerprint density at radius 3 is 2.77 bits per heavy atom. The molecule has 2 aromatic heterocycles. The Hall–Kier alpha value is -1.81. The fraction of sp³-hybridized carbons (Fsp3) is 0.576. The molecule has 1 aromatic carbocycles. The number of aromatic nitrogens is 2. The van der Waals surface area contributed by atoms with Crippen LogP contribution in [-0.2, 0) is 11.2 Å². The molecule has 4 atom stereocenters. The molecule has 0 bridgehead atoms. The van der Waals surface area contributed by atoms with Gasteiger partial charge in [0.1, 0.15) is 5.82 Å². The van der Waals surface area contributed by atoms with Crippen LogP contribution >= 0.6 is 0 Å². The normalized spacial score (nSPS) is 26.4. The summed E-state index contributed by atoms with van der Waals surface area (Å²) in [6.45, 7) is 13.2. The van der Waals surface area contributed by atoms with Gasteiger partial charge >= 0.3 is 168 Å². The zero-order valence-corrected chi connectivity index (χ0v) is 26.6. The van der Waals surface area contributed by atoms with Crippen LogP contribution in [0.3, 0.4) is 0 Å². The summed E-state index contributed by atoms with van der Waals surface area (Å²) in [6, 6.07) is 11.9. The van der Waals surface area contributed by atoms with Crippen LogP contribution in [0, 0.1) is 3.57 Å². The SMILES string of the molecule is CC[I-]c1ccc(C2CCC[C@H](CN3CCN(c4cc5c(cn4)CCN[C@@H]5C)CC3)O[C@H](C)C2)c2cccnc12. The Labute approximate surface area is 250 Å². The summed E-state index contributed by atoms with van der Waals surface area (Å²) in [6.07, 6.45) is 10.5. The van der Waals surface area contributed by atoms with Crippen LogP contribution in [-0.4, -0.2) is 70.8 Å². The Kier molecular flexibility index (Phi) is 9.21. The second-order valence-corrected chi connectivity index (χ2v) is 15.3. The number of piperazine rings is 1. The number of fused-ring (bicyclic) bond motifs is 2. The van der Waals surface area contributed by atoms with Crippen LogP contribution in [0.1, 0.15) is 75.1 Å². The van der Waals surface area contributed by atoms with Crippen LogP contribution < -0.4 is 31.4 Å². The van der Waals surface area contributed by atoms with Crippen molar-refractivity contribution in [1.29, 1.82) is 0 Å². The summed E-state index contributed by atoms with van der Waals surface area (Å²) in [4.78, 5) is 14.7. The van der Waals surface area contributed by atoms with Crippen molar-refractivity contribution in [2.45, 2.75) is 77.0 Å². The molecule has 0 amide bonds. The van der Waals surface area contributed by atoms with Crippen molar-refractivity contribution in [1.82, 2.24) is 20.2 Å². The fourth-order valence-corrected chi connectivity index (χ4v) is 9.05. The van der Waals surface area contributed by atoms with Crippen molar-refractivity contribution in [2.24, 2.45) is 0 Å². The van der Waals surface area contributed by atoms with Crippen molar-refractivity contribution >= 4 is 16.7 Å². The topological polar surface area (TPSA) is 53.5 Å². The van der Waals surface area contributed by atoms with Gasteiger partial charge in [-0.25, -0.2) is 4.98 Å². The van der Waals surface area contributed by atoms with Crippen molar-refractivity contribution in [2.75, 3.05) is 48.6 Å². The molecule has 0 radical (unpaired) electrons. The molecule has 3 aliphatic rings. The van der Waals surface area contributed by atoms with Crippen molar-refractivity contribution in [3.8, 4) is 0 Å². The van der Waals surface area contributed by atoms with E-state index < -0.39 is 0 Å². The number of benzene rings is 1. The maximum atomic E-state index is 6.72. The van der Waals surface area contributed by atoms with E-state index in [1.165, 1.54) is 48.4 Å². The number of anilines is 1. The molecule has 2 fully saturated rings. The second kappa shape index (κ2) is 13.0. The Morgan fingerprint density at radius 1 is 1.05 bits per heavy atom. The second-order valence-electron chi connectivity index (χ2n) is 11.8. The quantitative estimate of drug-likeness (QED) is 0.326. The first-order chi connectivity index (χ1) is 19.6. The average molecular weight is 655 g/mol. The minimum absolute atomic E-state index is 0.0403. The van der Waals surface area contributed by atoms with E-state index in [-0.39, 0.29) is 27.3 Å². The first-order valence-electron chi connectivity index (χ1n) is 15.4. The molecule has 1 N–H and O–H groups in total. The zero-order valence-electron chi connectivity index (χ0n) is 24.4. The van der Waals surface area contributed by atoms with Gasteiger partial charge < -0.3 is 10.2 Å². The molecule has 216 valence electrons. The third kappa shape index (κ3) is 6.32. The van der Waals surface area contributed by atoms with Gasteiger partial charge in [0.05, 0.1) is 0 Å². The molecule has 1 unspecified atom stereocenters. The van der Waals surface area contributed by atoms with Crippen molar-refractivity contribution in [3.05, 3.63) is 63.0 Å². The van der Waals surface area contributed by atoms with E-state index in [9.17, 15) is 0 Å². The number of ether oxygens (including phenoxy) is 1. The van der Waals surface area contributed by atoms with Gasteiger partial charge in [0.2, 0.25) is 0 Å². The molecular formula is C33H45IN5O-. The van der Waals surface area contributed by atoms with Gasteiger partial charge in [-0.2, -0.15) is 0 Å². The van der Waals surface area contributed by atoms with Crippen LogP contribution in [0.25, 0.3) is 10.9 Å². The number of halogens is 1. The first kappa shape index (κ1) is 28.3. The van der Waals surface area contributed by atoms with E-state index in [4.69, 9.17) is 14.7 Å². The summed E-state index contributed by atoms with van der Waals surface area (Å²) in [5.41, 5.74) is 5.57. The van der Waals surface area contributed by atoms with Crippen LogP contribution in [0.5, 0.6) is 0 Å². The summed E-state index contributed by atoms with van der Waals surface area (Å²) in [5.74, 6) is 1.69. The number of nitrogens with zero attached hydrogens (tertiary/aromatic N) is 4. The summed E-state index contributed by atoms with van der Waals surface area (Å²) in [5, 5.41) is 4.96. The van der Waals surface area contributed by atoms with E-state index in [0.717, 1.165) is 64.3 Å². The number of rotatable bonds is 6. The number of pyridine rings is 2. The molecule has 7 heteroatoms. The molecule has 3 aliphatic heterocycles. The van der Waals surface area contributed by atoms with E-state index in [1.807, 2.05) is 6.20 Å². The Bertz CT molecular complexity index is 1290. The molecule has 0 spiro atoms. The predicted molar refractivity (Wildman–Crippen MR) is 160 cm³/mol. The third-order valence-corrected chi connectivity index (χ3v) is 11.5. The number of alkyl halides is 1. The molecule has 2 saturated heterocycles. The van der Waals surface area contributed by atoms with Gasteiger partial charge in [-0.15, -0.1) is 0 Å². The van der Waals surface area contributed by atoms with Gasteiger partial charge in [-0.05, 0) is 37.1 Å². The monoisotopic (exact) mass is 654 g/mol. The maximum absolute atomic E-state index is 6.72. The standard InChI is InChI=1S/C33H45IN5O/c1-4-34-31-11-10-28(29-9-6-13-36-33(29)31)25-7-5-8-27(40-23(2)19-25)22-38-15-17-39(18-16-38)32-20-30-24(3)35-14-12-26(30)21-37-32/h6,9-11,13,20-21,23-25,27,35H,4-5,7-8,12,14-19,22H2,1-3H3/q-1/t23-,24-,25?,27-/m1/s1. The Balaban J connectivity index is 1.04. The molecular weight excluding hydrogens is 609 g/mol. The van der Waals surface area contributed by atoms with E-state index in [1.54, 1.807) is 0 Å². The van der Waals surface area contributed by atoms with Crippen molar-refractivity contribution < 1.29 is 25.9 Å². The molecule has 40 heavy (non-hydrogen) atoms. The minimum atomic E-state index is 0.0403. The Morgan fingerprint density at radius 2 is 1.93 bits per heavy atom. The number of hydrogen-bond acceptors (Lipinski definition) is 6. The van der Waals surface area contributed by atoms with Gasteiger partial charge in [0.15, 0.2) is 0 Å². The molecule has 3 aromatic rings. The summed E-state index contributed by atoms with van der Waals surface area (Å²) in [7, 11) is 0. The van der Waals surface area contributed by atoms with Crippen LogP contribution in [0.2, 0.25) is 0 Å². The van der Waals surface area contributed by atoms with Gasteiger partial charge in [0.25, 0.3) is 0 Å². The predicted octanol–water partition coefficient (Wildman–Crippen LogP) is 2.37. The van der Waals surface area contributed by atoms with Gasteiger partial charge in [-0.1, -0.05) is 0 Å². The number of nitrogens with one attached hydrogen (secondary N) is 1. The van der Waals surface area contributed by atoms with E-state index in [0.29, 0.717) is 18.1 Å². The molecule has 6 rings (SSSR count). The summed E-state index contributed by atoms with van der Waals surface area (Å²) < 4.78 is 9.47. The first-order valence-corrected chi connectivity index (χ1v) is 18.0. The molecule has 0 aliphatic carbocycles. The zero-order chi connectivity index (χ0) is 27.5. The van der Waals surface area contributed by atoms with E-state index >= 15 is 0 Å². The van der Waals surface area contributed by atoms with Gasteiger partial charge in [0, 0.05) is 25.3 Å². The number of hydrogen-bond donors (Lipinski definition) is 1.